The van der Waals surface area contributed by atoms with Gasteiger partial charge in [0.25, 0.3) is 5.91 Å². The Balaban J connectivity index is 1.93. The van der Waals surface area contributed by atoms with Gasteiger partial charge in [0.2, 0.25) is 0 Å². The summed E-state index contributed by atoms with van der Waals surface area (Å²) < 4.78 is 6.15. The van der Waals surface area contributed by atoms with Crippen molar-refractivity contribution >= 4 is 38.3 Å². The van der Waals surface area contributed by atoms with E-state index in [4.69, 9.17) is 4.74 Å². The highest BCUT2D eigenvalue weighted by molar-refractivity contribution is 9.11. The van der Waals surface area contributed by atoms with Crippen molar-refractivity contribution in [2.75, 3.05) is 11.9 Å². The molecule has 1 aromatic rings. The minimum atomic E-state index is -0.294. The molecular formula is C8H9BrN2O2S. The van der Waals surface area contributed by atoms with Crippen molar-refractivity contribution in [3.8, 4) is 0 Å². The first-order valence-electron chi connectivity index (χ1n) is 4.29. The first-order chi connectivity index (χ1) is 6.75. The third-order valence-corrected chi connectivity index (χ3v) is 3.32. The molecule has 2 rings (SSSR count). The zero-order valence-electron chi connectivity index (χ0n) is 7.33. The molecule has 4 nitrogen and oxygen atoms in total. The Labute approximate surface area is 93.8 Å². The maximum Gasteiger partial charge on any atom is 0.255 e. The average Bonchev–Trinajstić information content (AvgIpc) is 2.75. The van der Waals surface area contributed by atoms with Gasteiger partial charge in [0.15, 0.2) is 5.13 Å². The van der Waals surface area contributed by atoms with Gasteiger partial charge < -0.3 is 4.74 Å². The number of nitrogens with zero attached hydrogens (tertiary/aromatic N) is 1. The van der Waals surface area contributed by atoms with E-state index >= 15 is 0 Å². The zero-order valence-corrected chi connectivity index (χ0v) is 9.73. The van der Waals surface area contributed by atoms with Gasteiger partial charge in [-0.2, -0.15) is 0 Å². The van der Waals surface area contributed by atoms with E-state index in [-0.39, 0.29) is 12.0 Å². The Morgan fingerprint density at radius 3 is 3.21 bits per heavy atom. The monoisotopic (exact) mass is 276 g/mol. The highest BCUT2D eigenvalue weighted by Crippen LogP contribution is 2.24. The molecule has 0 unspecified atom stereocenters. The molecule has 1 amide bonds. The molecule has 1 saturated heterocycles. The van der Waals surface area contributed by atoms with E-state index in [9.17, 15) is 4.79 Å². The van der Waals surface area contributed by atoms with Crippen molar-refractivity contribution in [3.05, 3.63) is 9.98 Å². The molecule has 2 heterocycles. The Kier molecular flexibility index (Phi) is 3.15. The maximum absolute atomic E-state index is 11.5. The second-order valence-corrected chi connectivity index (χ2v) is 5.37. The summed E-state index contributed by atoms with van der Waals surface area (Å²) >= 11 is 4.67. The smallest absolute Gasteiger partial charge is 0.255 e. The van der Waals surface area contributed by atoms with Gasteiger partial charge in [0, 0.05) is 6.61 Å². The molecule has 1 aromatic heterocycles. The Bertz CT molecular complexity index is 336. The van der Waals surface area contributed by atoms with Crippen LogP contribution in [0.15, 0.2) is 9.98 Å². The van der Waals surface area contributed by atoms with Crippen LogP contribution in [-0.4, -0.2) is 23.6 Å². The minimum absolute atomic E-state index is 0.0932. The van der Waals surface area contributed by atoms with Gasteiger partial charge in [-0.1, -0.05) is 11.3 Å². The van der Waals surface area contributed by atoms with Gasteiger partial charge in [-0.15, -0.1) is 0 Å². The van der Waals surface area contributed by atoms with Gasteiger partial charge >= 0.3 is 0 Å². The summed E-state index contributed by atoms with van der Waals surface area (Å²) in [7, 11) is 0. The molecule has 76 valence electrons. The summed E-state index contributed by atoms with van der Waals surface area (Å²) in [4.78, 5) is 15.6. The summed E-state index contributed by atoms with van der Waals surface area (Å²) in [6, 6.07) is 0. The number of halogens is 1. The largest absolute Gasteiger partial charge is 0.368 e. The lowest BCUT2D eigenvalue weighted by molar-refractivity contribution is -0.124. The highest BCUT2D eigenvalue weighted by atomic mass is 79.9. The number of ether oxygens (including phenoxy) is 1. The topological polar surface area (TPSA) is 51.2 Å². The molecule has 14 heavy (non-hydrogen) atoms. The van der Waals surface area contributed by atoms with Crippen LogP contribution in [0.2, 0.25) is 0 Å². The average molecular weight is 277 g/mol. The zero-order chi connectivity index (χ0) is 9.97. The van der Waals surface area contributed by atoms with Gasteiger partial charge in [0.1, 0.15) is 6.10 Å². The van der Waals surface area contributed by atoms with Crippen LogP contribution in [0, 0.1) is 0 Å². The fraction of sp³-hybridized carbons (Fsp3) is 0.500. The first kappa shape index (κ1) is 10.1. The summed E-state index contributed by atoms with van der Waals surface area (Å²) in [5, 5.41) is 3.33. The van der Waals surface area contributed by atoms with Crippen molar-refractivity contribution in [2.24, 2.45) is 0 Å². The SMILES string of the molecule is O=C(Nc1ncc(Br)s1)[C@H]1CCCO1. The van der Waals surface area contributed by atoms with Crippen LogP contribution in [0.4, 0.5) is 5.13 Å². The lowest BCUT2D eigenvalue weighted by Gasteiger charge is -2.07. The molecule has 0 aromatic carbocycles. The van der Waals surface area contributed by atoms with Crippen molar-refractivity contribution in [3.63, 3.8) is 0 Å². The van der Waals surface area contributed by atoms with Crippen LogP contribution in [0.5, 0.6) is 0 Å². The van der Waals surface area contributed by atoms with E-state index in [1.54, 1.807) is 6.20 Å². The van der Waals surface area contributed by atoms with E-state index in [1.165, 1.54) is 11.3 Å². The minimum Gasteiger partial charge on any atom is -0.368 e. The van der Waals surface area contributed by atoms with E-state index in [2.05, 4.69) is 26.2 Å². The maximum atomic E-state index is 11.5. The molecule has 0 bridgehead atoms. The van der Waals surface area contributed by atoms with Gasteiger partial charge in [-0.3, -0.25) is 10.1 Å². The standard InChI is InChI=1S/C8H9BrN2O2S/c9-6-4-10-8(14-6)11-7(12)5-2-1-3-13-5/h4-5H,1-3H2,(H,10,11,12)/t5-/m1/s1. The number of carbonyl (C=O) groups is 1. The molecule has 0 spiro atoms. The number of nitrogens with one attached hydrogen (secondary N) is 1. The van der Waals surface area contributed by atoms with Crippen LogP contribution in [-0.2, 0) is 9.53 Å². The molecule has 1 fully saturated rings. The predicted octanol–water partition coefficient (Wildman–Crippen LogP) is 2.02. The lowest BCUT2D eigenvalue weighted by Crippen LogP contribution is -2.26. The summed E-state index contributed by atoms with van der Waals surface area (Å²) in [6.07, 6.45) is 3.13. The molecule has 1 aliphatic rings. The molecule has 1 atom stereocenters. The number of amides is 1. The van der Waals surface area contributed by atoms with Crippen molar-refractivity contribution in [1.82, 2.24) is 4.98 Å². The number of hydrogen-bond acceptors (Lipinski definition) is 4. The number of thiazole rings is 1. The van der Waals surface area contributed by atoms with Crippen LogP contribution in [0.3, 0.4) is 0 Å². The quantitative estimate of drug-likeness (QED) is 0.899. The van der Waals surface area contributed by atoms with Crippen LogP contribution in [0.1, 0.15) is 12.8 Å². The molecule has 1 aliphatic heterocycles. The van der Waals surface area contributed by atoms with Crippen LogP contribution in [0.25, 0.3) is 0 Å². The van der Waals surface area contributed by atoms with Crippen molar-refractivity contribution in [2.45, 2.75) is 18.9 Å². The van der Waals surface area contributed by atoms with Crippen molar-refractivity contribution in [1.29, 1.82) is 0 Å². The van der Waals surface area contributed by atoms with E-state index < -0.39 is 0 Å². The van der Waals surface area contributed by atoms with Crippen LogP contribution >= 0.6 is 27.3 Å². The summed E-state index contributed by atoms with van der Waals surface area (Å²) in [5.74, 6) is -0.0932. The fourth-order valence-corrected chi connectivity index (χ4v) is 2.39. The molecule has 6 heteroatoms. The normalized spacial score (nSPS) is 21.1. The molecule has 1 N–H and O–H groups in total. The summed E-state index contributed by atoms with van der Waals surface area (Å²) in [5.41, 5.74) is 0. The molecule has 0 aliphatic carbocycles. The Hall–Kier alpha value is -0.460. The molecule has 0 saturated carbocycles. The molecular weight excluding hydrogens is 268 g/mol. The van der Waals surface area contributed by atoms with E-state index in [1.807, 2.05) is 0 Å². The van der Waals surface area contributed by atoms with Gasteiger partial charge in [-0.25, -0.2) is 4.98 Å². The third-order valence-electron chi connectivity index (χ3n) is 1.93. The second-order valence-electron chi connectivity index (χ2n) is 2.96. The van der Waals surface area contributed by atoms with Gasteiger partial charge in [-0.05, 0) is 28.8 Å². The number of carbonyl (C=O) groups excluding carboxylic acids is 1. The van der Waals surface area contributed by atoms with Crippen LogP contribution < -0.4 is 5.32 Å². The van der Waals surface area contributed by atoms with Gasteiger partial charge in [0.05, 0.1) is 9.98 Å². The Morgan fingerprint density at radius 1 is 1.79 bits per heavy atom. The highest BCUT2D eigenvalue weighted by Gasteiger charge is 2.24. The predicted molar refractivity (Wildman–Crippen MR) is 57.4 cm³/mol. The second kappa shape index (κ2) is 4.37. The van der Waals surface area contributed by atoms with Crippen molar-refractivity contribution < 1.29 is 9.53 Å². The molecule has 0 radical (unpaired) electrons. The number of aromatic nitrogens is 1. The van der Waals surface area contributed by atoms with E-state index in [0.717, 1.165) is 16.6 Å². The lowest BCUT2D eigenvalue weighted by atomic mass is 10.2. The first-order valence-corrected chi connectivity index (χ1v) is 5.90. The Morgan fingerprint density at radius 2 is 2.64 bits per heavy atom. The van der Waals surface area contributed by atoms with E-state index in [0.29, 0.717) is 11.7 Å². The third kappa shape index (κ3) is 2.31. The number of rotatable bonds is 2. The fourth-order valence-electron chi connectivity index (χ4n) is 1.28. The number of anilines is 1. The number of hydrogen-bond donors (Lipinski definition) is 1. The summed E-state index contributed by atoms with van der Waals surface area (Å²) in [6.45, 7) is 0.680.